The first kappa shape index (κ1) is 14.5. The molecule has 0 spiro atoms. The highest BCUT2D eigenvalue weighted by atomic mass is 79.9. The van der Waals surface area contributed by atoms with Gasteiger partial charge in [0.15, 0.2) is 0 Å². The molecule has 0 saturated heterocycles. The van der Waals surface area contributed by atoms with Crippen molar-refractivity contribution in [3.63, 3.8) is 0 Å². The van der Waals surface area contributed by atoms with Crippen molar-refractivity contribution >= 4 is 50.2 Å². The zero-order chi connectivity index (χ0) is 13.1. The van der Waals surface area contributed by atoms with Crippen LogP contribution in [0, 0.1) is 6.92 Å². The second-order valence-corrected chi connectivity index (χ2v) is 7.97. The first-order valence-electron chi connectivity index (χ1n) is 5.86. The van der Waals surface area contributed by atoms with Crippen LogP contribution in [0.5, 0.6) is 0 Å². The summed E-state index contributed by atoms with van der Waals surface area (Å²) >= 11 is 13.1. The van der Waals surface area contributed by atoms with Gasteiger partial charge in [-0.25, -0.2) is 0 Å². The Morgan fingerprint density at radius 2 is 2.11 bits per heavy atom. The van der Waals surface area contributed by atoms with Crippen LogP contribution in [0.25, 0.3) is 0 Å². The van der Waals surface area contributed by atoms with E-state index in [1.54, 1.807) is 11.3 Å². The van der Waals surface area contributed by atoms with E-state index in [1.165, 1.54) is 14.6 Å². The number of halogens is 2. The molecule has 1 N–H and O–H groups in total. The standard InChI is InChI=1S/C13H15BrClNS2/c1-3-6-16-12(10-5-4-8(2)17-10)11-7-9(14)13(15)18-11/h4-5,7,12,16H,3,6H2,1-2H3. The molecule has 0 aliphatic carbocycles. The number of nitrogens with one attached hydrogen (secondary N) is 1. The van der Waals surface area contributed by atoms with E-state index in [9.17, 15) is 0 Å². The summed E-state index contributed by atoms with van der Waals surface area (Å²) in [5, 5.41) is 3.60. The summed E-state index contributed by atoms with van der Waals surface area (Å²) in [4.78, 5) is 3.96. The number of rotatable bonds is 5. The highest BCUT2D eigenvalue weighted by Crippen LogP contribution is 2.38. The Balaban J connectivity index is 2.30. The highest BCUT2D eigenvalue weighted by Gasteiger charge is 2.18. The molecule has 0 bridgehead atoms. The molecule has 2 aromatic heterocycles. The Labute approximate surface area is 129 Å². The van der Waals surface area contributed by atoms with E-state index < -0.39 is 0 Å². The highest BCUT2D eigenvalue weighted by molar-refractivity contribution is 9.10. The predicted molar refractivity (Wildman–Crippen MR) is 86.2 cm³/mol. The van der Waals surface area contributed by atoms with Crippen molar-refractivity contribution in [2.24, 2.45) is 0 Å². The molecular weight excluding hydrogens is 350 g/mol. The smallest absolute Gasteiger partial charge is 0.107 e. The van der Waals surface area contributed by atoms with Gasteiger partial charge in [-0.15, -0.1) is 22.7 Å². The van der Waals surface area contributed by atoms with Crippen molar-refractivity contribution < 1.29 is 0 Å². The Morgan fingerprint density at radius 1 is 1.33 bits per heavy atom. The minimum absolute atomic E-state index is 0.262. The molecule has 0 amide bonds. The summed E-state index contributed by atoms with van der Waals surface area (Å²) in [5.41, 5.74) is 0. The first-order valence-corrected chi connectivity index (χ1v) is 8.66. The lowest BCUT2D eigenvalue weighted by molar-refractivity contribution is 0.613. The molecule has 18 heavy (non-hydrogen) atoms. The zero-order valence-corrected chi connectivity index (χ0v) is 14.3. The van der Waals surface area contributed by atoms with Crippen LogP contribution < -0.4 is 5.32 Å². The normalized spacial score (nSPS) is 12.9. The number of hydrogen-bond acceptors (Lipinski definition) is 3. The van der Waals surface area contributed by atoms with Crippen molar-refractivity contribution in [1.82, 2.24) is 5.32 Å². The molecular formula is C13H15BrClNS2. The van der Waals surface area contributed by atoms with Crippen molar-refractivity contribution in [3.05, 3.63) is 41.6 Å². The number of thiophene rings is 2. The van der Waals surface area contributed by atoms with Crippen LogP contribution in [0.1, 0.15) is 34.0 Å². The fraction of sp³-hybridized carbons (Fsp3) is 0.385. The van der Waals surface area contributed by atoms with Gasteiger partial charge in [0.1, 0.15) is 4.34 Å². The van der Waals surface area contributed by atoms with Gasteiger partial charge in [0.25, 0.3) is 0 Å². The van der Waals surface area contributed by atoms with Gasteiger partial charge in [0, 0.05) is 19.1 Å². The quantitative estimate of drug-likeness (QED) is 0.725. The monoisotopic (exact) mass is 363 g/mol. The molecule has 0 saturated carbocycles. The Bertz CT molecular complexity index is 501. The third kappa shape index (κ3) is 3.36. The first-order chi connectivity index (χ1) is 8.61. The van der Waals surface area contributed by atoms with Crippen molar-refractivity contribution in [2.75, 3.05) is 6.54 Å². The molecule has 98 valence electrons. The molecule has 2 aromatic rings. The van der Waals surface area contributed by atoms with E-state index in [-0.39, 0.29) is 6.04 Å². The average molecular weight is 365 g/mol. The predicted octanol–water partition coefficient (Wildman–Crippen LogP) is 5.62. The second kappa shape index (κ2) is 6.53. The molecule has 0 radical (unpaired) electrons. The van der Waals surface area contributed by atoms with Crippen molar-refractivity contribution in [3.8, 4) is 0 Å². The maximum absolute atomic E-state index is 6.15. The lowest BCUT2D eigenvalue weighted by Crippen LogP contribution is -2.21. The summed E-state index contributed by atoms with van der Waals surface area (Å²) in [6.45, 7) is 5.33. The molecule has 5 heteroatoms. The van der Waals surface area contributed by atoms with Crippen LogP contribution >= 0.6 is 50.2 Å². The summed E-state index contributed by atoms with van der Waals surface area (Å²) in [7, 11) is 0. The van der Waals surface area contributed by atoms with Crippen LogP contribution in [0.4, 0.5) is 0 Å². The van der Waals surface area contributed by atoms with Gasteiger partial charge in [-0.3, -0.25) is 0 Å². The third-order valence-electron chi connectivity index (χ3n) is 2.59. The van der Waals surface area contributed by atoms with E-state index in [0.29, 0.717) is 0 Å². The molecule has 1 unspecified atom stereocenters. The van der Waals surface area contributed by atoms with Crippen LogP contribution in [0.2, 0.25) is 4.34 Å². The van der Waals surface area contributed by atoms with E-state index in [2.05, 4.69) is 53.3 Å². The summed E-state index contributed by atoms with van der Waals surface area (Å²) in [5.74, 6) is 0. The fourth-order valence-electron chi connectivity index (χ4n) is 1.74. The molecule has 0 aliphatic rings. The van der Waals surface area contributed by atoms with Crippen LogP contribution in [0.3, 0.4) is 0 Å². The van der Waals surface area contributed by atoms with Gasteiger partial charge < -0.3 is 5.32 Å². The van der Waals surface area contributed by atoms with Crippen LogP contribution in [-0.4, -0.2) is 6.54 Å². The summed E-state index contributed by atoms with van der Waals surface area (Å²) in [6, 6.07) is 6.76. The van der Waals surface area contributed by atoms with Crippen LogP contribution in [-0.2, 0) is 0 Å². The molecule has 2 heterocycles. The molecule has 1 atom stereocenters. The fourth-order valence-corrected chi connectivity index (χ4v) is 4.62. The summed E-state index contributed by atoms with van der Waals surface area (Å²) in [6.07, 6.45) is 1.13. The van der Waals surface area contributed by atoms with Crippen LogP contribution in [0.15, 0.2) is 22.7 Å². The lowest BCUT2D eigenvalue weighted by atomic mass is 10.2. The topological polar surface area (TPSA) is 12.0 Å². The van der Waals surface area contributed by atoms with E-state index in [1.807, 2.05) is 11.3 Å². The van der Waals surface area contributed by atoms with Gasteiger partial charge in [-0.1, -0.05) is 18.5 Å². The van der Waals surface area contributed by atoms with Gasteiger partial charge in [-0.05, 0) is 54.0 Å². The summed E-state index contributed by atoms with van der Waals surface area (Å²) < 4.78 is 1.81. The van der Waals surface area contributed by atoms with Gasteiger partial charge in [-0.2, -0.15) is 0 Å². The Hall–Kier alpha value is 0.130. The Kier molecular flexibility index (Phi) is 5.27. The largest absolute Gasteiger partial charge is 0.305 e. The minimum Gasteiger partial charge on any atom is -0.305 e. The van der Waals surface area contributed by atoms with E-state index in [0.717, 1.165) is 21.8 Å². The third-order valence-corrected chi connectivity index (χ3v) is 6.20. The van der Waals surface area contributed by atoms with Crippen molar-refractivity contribution in [2.45, 2.75) is 26.3 Å². The van der Waals surface area contributed by atoms with E-state index >= 15 is 0 Å². The minimum atomic E-state index is 0.262. The lowest BCUT2D eigenvalue weighted by Gasteiger charge is -2.15. The molecule has 0 aromatic carbocycles. The average Bonchev–Trinajstić information content (AvgIpc) is 2.88. The van der Waals surface area contributed by atoms with Gasteiger partial charge in [0.05, 0.1) is 6.04 Å². The molecule has 1 nitrogen and oxygen atoms in total. The number of aryl methyl sites for hydroxylation is 1. The molecule has 0 fully saturated rings. The molecule has 2 rings (SSSR count). The van der Waals surface area contributed by atoms with Crippen molar-refractivity contribution in [1.29, 1.82) is 0 Å². The number of hydrogen-bond donors (Lipinski definition) is 1. The maximum atomic E-state index is 6.15. The SMILES string of the molecule is CCCNC(c1ccc(C)s1)c1cc(Br)c(Cl)s1. The molecule has 0 aliphatic heterocycles. The Morgan fingerprint density at radius 3 is 2.61 bits per heavy atom. The van der Waals surface area contributed by atoms with E-state index in [4.69, 9.17) is 11.6 Å². The van der Waals surface area contributed by atoms with Gasteiger partial charge in [0.2, 0.25) is 0 Å². The maximum Gasteiger partial charge on any atom is 0.107 e. The van der Waals surface area contributed by atoms with Gasteiger partial charge >= 0.3 is 0 Å². The second-order valence-electron chi connectivity index (χ2n) is 4.11. The zero-order valence-electron chi connectivity index (χ0n) is 10.3.